The Morgan fingerprint density at radius 2 is 2.00 bits per heavy atom. The zero-order valence-corrected chi connectivity index (χ0v) is 18.3. The number of benzene rings is 1. The maximum Gasteiger partial charge on any atom is 0.296 e. The first-order valence-corrected chi connectivity index (χ1v) is 9.97. The molecule has 1 amide bonds. The largest absolute Gasteiger partial charge is 0.348 e. The van der Waals surface area contributed by atoms with Crippen LogP contribution in [0.15, 0.2) is 45.9 Å². The molecule has 0 aliphatic carbocycles. The quantitative estimate of drug-likeness (QED) is 0.427. The first kappa shape index (κ1) is 19.6. The number of hydrogen-bond acceptors (Lipinski definition) is 4. The van der Waals surface area contributed by atoms with Gasteiger partial charge in [-0.1, -0.05) is 17.7 Å². The molecule has 1 aromatic carbocycles. The van der Waals surface area contributed by atoms with E-state index in [1.165, 1.54) is 9.58 Å². The van der Waals surface area contributed by atoms with E-state index in [-0.39, 0.29) is 17.9 Å². The molecule has 4 aromatic rings. The Bertz CT molecular complexity index is 1340. The van der Waals surface area contributed by atoms with Crippen LogP contribution in [0.5, 0.6) is 0 Å². The topological polar surface area (TPSA) is 73.0 Å². The van der Waals surface area contributed by atoms with Crippen LogP contribution in [0, 0.1) is 0 Å². The summed E-state index contributed by atoms with van der Waals surface area (Å²) in [5.41, 5.74) is 2.07. The number of hydrogen-bond donors (Lipinski definition) is 0. The van der Waals surface area contributed by atoms with Crippen LogP contribution in [0.25, 0.3) is 27.5 Å². The molecule has 0 spiro atoms. The van der Waals surface area contributed by atoms with Crippen molar-refractivity contribution in [2.24, 2.45) is 7.05 Å². The van der Waals surface area contributed by atoms with E-state index >= 15 is 0 Å². The predicted octanol–water partition coefficient (Wildman–Crippen LogP) is 3.32. The van der Waals surface area contributed by atoms with E-state index in [4.69, 9.17) is 11.6 Å². The predicted molar refractivity (Wildman–Crippen MR) is 117 cm³/mol. The lowest BCUT2D eigenvalue weighted by Gasteiger charge is -2.13. The number of aromatic nitrogens is 4. The van der Waals surface area contributed by atoms with Gasteiger partial charge in [0.05, 0.1) is 23.3 Å². The van der Waals surface area contributed by atoms with Crippen LogP contribution in [0.3, 0.4) is 0 Å². The number of likely N-dealkylation sites (N-methyl/N-ethyl adjacent to an activating group) is 1. The molecule has 0 unspecified atom stereocenters. The molecule has 4 rings (SSSR count). The highest BCUT2D eigenvalue weighted by molar-refractivity contribution is 9.10. The van der Waals surface area contributed by atoms with Crippen molar-refractivity contribution in [1.82, 2.24) is 24.2 Å². The highest BCUT2D eigenvalue weighted by Gasteiger charge is 2.22. The van der Waals surface area contributed by atoms with E-state index in [2.05, 4.69) is 26.0 Å². The third-order valence-corrected chi connectivity index (χ3v) is 5.51. The molecule has 0 atom stereocenters. The Morgan fingerprint density at radius 1 is 1.24 bits per heavy atom. The van der Waals surface area contributed by atoms with Gasteiger partial charge in [-0.3, -0.25) is 9.59 Å². The van der Waals surface area contributed by atoms with Crippen molar-refractivity contribution in [2.75, 3.05) is 14.1 Å². The number of fused-ring (bicyclic) bond motifs is 3. The fourth-order valence-corrected chi connectivity index (χ4v) is 3.91. The zero-order chi connectivity index (χ0) is 20.9. The van der Waals surface area contributed by atoms with Gasteiger partial charge in [0.15, 0.2) is 0 Å². The van der Waals surface area contributed by atoms with E-state index < -0.39 is 0 Å². The highest BCUT2D eigenvalue weighted by Crippen LogP contribution is 2.30. The lowest BCUT2D eigenvalue weighted by molar-refractivity contribution is -0.128. The number of halogens is 2. The van der Waals surface area contributed by atoms with Gasteiger partial charge in [0.25, 0.3) is 5.56 Å². The van der Waals surface area contributed by atoms with Gasteiger partial charge in [0.1, 0.15) is 10.1 Å². The van der Waals surface area contributed by atoms with Crippen molar-refractivity contribution in [3.05, 3.63) is 62.2 Å². The Morgan fingerprint density at radius 3 is 2.69 bits per heavy atom. The lowest BCUT2D eigenvalue weighted by Crippen LogP contribution is -2.28. The third-order valence-electron chi connectivity index (χ3n) is 4.84. The van der Waals surface area contributed by atoms with Gasteiger partial charge in [-0.15, -0.1) is 0 Å². The molecule has 0 saturated heterocycles. The van der Waals surface area contributed by atoms with Crippen molar-refractivity contribution in [2.45, 2.75) is 6.42 Å². The third kappa shape index (κ3) is 3.32. The Labute approximate surface area is 179 Å². The fourth-order valence-electron chi connectivity index (χ4n) is 3.39. The molecular formula is C20H17BrClN5O2. The normalized spacial score (nSPS) is 11.3. The van der Waals surface area contributed by atoms with Crippen LogP contribution in [-0.4, -0.2) is 44.2 Å². The van der Waals surface area contributed by atoms with Gasteiger partial charge in [0.2, 0.25) is 5.91 Å². The van der Waals surface area contributed by atoms with E-state index in [0.29, 0.717) is 31.9 Å². The average Bonchev–Trinajstić information content (AvgIpc) is 2.96. The van der Waals surface area contributed by atoms with Crippen LogP contribution in [0.1, 0.15) is 5.69 Å². The van der Waals surface area contributed by atoms with Crippen LogP contribution < -0.4 is 5.56 Å². The summed E-state index contributed by atoms with van der Waals surface area (Å²) in [7, 11) is 5.20. The molecule has 148 valence electrons. The molecule has 0 N–H and O–H groups in total. The Balaban J connectivity index is 2.13. The summed E-state index contributed by atoms with van der Waals surface area (Å²) in [5.74, 6) is -0.106. The van der Waals surface area contributed by atoms with E-state index in [1.807, 2.05) is 13.1 Å². The summed E-state index contributed by atoms with van der Waals surface area (Å²) >= 11 is 9.51. The monoisotopic (exact) mass is 473 g/mol. The molecule has 9 heteroatoms. The SMILES string of the molecule is CN(C)C(=O)Cc1nn(-c2ccnc(Br)c2)c(=O)c2c1c1ccc(Cl)cc1n2C. The summed E-state index contributed by atoms with van der Waals surface area (Å²) in [6.07, 6.45) is 1.65. The number of carbonyl (C=O) groups is 1. The van der Waals surface area contributed by atoms with Crippen molar-refractivity contribution in [3.63, 3.8) is 0 Å². The van der Waals surface area contributed by atoms with Crippen molar-refractivity contribution >= 4 is 55.2 Å². The zero-order valence-electron chi connectivity index (χ0n) is 16.0. The number of pyridine rings is 1. The highest BCUT2D eigenvalue weighted by atomic mass is 79.9. The van der Waals surface area contributed by atoms with Crippen molar-refractivity contribution < 1.29 is 4.79 Å². The van der Waals surface area contributed by atoms with Crippen LogP contribution in [0.4, 0.5) is 0 Å². The number of carbonyl (C=O) groups excluding carboxylic acids is 1. The molecule has 0 saturated carbocycles. The Kier molecular flexibility index (Phi) is 4.92. The van der Waals surface area contributed by atoms with Gasteiger partial charge >= 0.3 is 0 Å². The second kappa shape index (κ2) is 7.27. The molecule has 0 radical (unpaired) electrons. The van der Waals surface area contributed by atoms with E-state index in [9.17, 15) is 9.59 Å². The molecule has 0 aliphatic heterocycles. The number of rotatable bonds is 3. The molecule has 29 heavy (non-hydrogen) atoms. The second-order valence-corrected chi connectivity index (χ2v) is 8.16. The summed E-state index contributed by atoms with van der Waals surface area (Å²) in [6, 6.07) is 8.84. The van der Waals surface area contributed by atoms with Crippen LogP contribution in [-0.2, 0) is 18.3 Å². The molecular weight excluding hydrogens is 458 g/mol. The number of nitrogens with zero attached hydrogens (tertiary/aromatic N) is 5. The second-order valence-electron chi connectivity index (χ2n) is 6.91. The number of aryl methyl sites for hydroxylation is 1. The molecule has 7 nitrogen and oxygen atoms in total. The van der Waals surface area contributed by atoms with Crippen molar-refractivity contribution in [3.8, 4) is 5.69 Å². The first-order valence-electron chi connectivity index (χ1n) is 8.80. The van der Waals surface area contributed by atoms with Crippen molar-refractivity contribution in [1.29, 1.82) is 0 Å². The average molecular weight is 475 g/mol. The maximum absolute atomic E-state index is 13.4. The fraction of sp³-hybridized carbons (Fsp3) is 0.200. The first-order chi connectivity index (χ1) is 13.8. The molecule has 3 aromatic heterocycles. The van der Waals surface area contributed by atoms with Gasteiger partial charge in [-0.05, 0) is 40.2 Å². The van der Waals surface area contributed by atoms with Gasteiger partial charge in [0, 0.05) is 43.1 Å². The molecule has 3 heterocycles. The number of amides is 1. The smallest absolute Gasteiger partial charge is 0.296 e. The van der Waals surface area contributed by atoms with Crippen LogP contribution >= 0.6 is 27.5 Å². The minimum absolute atomic E-state index is 0.0672. The molecule has 0 aliphatic rings. The summed E-state index contributed by atoms with van der Waals surface area (Å²) in [4.78, 5) is 31.5. The lowest BCUT2D eigenvalue weighted by atomic mass is 10.1. The van der Waals surface area contributed by atoms with Gasteiger partial charge < -0.3 is 9.47 Å². The molecule has 0 fully saturated rings. The van der Waals surface area contributed by atoms with Gasteiger partial charge in [-0.2, -0.15) is 9.78 Å². The Hall–Kier alpha value is -2.71. The minimum atomic E-state index is -0.283. The maximum atomic E-state index is 13.4. The van der Waals surface area contributed by atoms with E-state index in [0.717, 1.165) is 10.9 Å². The van der Waals surface area contributed by atoms with Gasteiger partial charge in [-0.25, -0.2) is 4.98 Å². The summed E-state index contributed by atoms with van der Waals surface area (Å²) in [6.45, 7) is 0. The molecule has 0 bridgehead atoms. The van der Waals surface area contributed by atoms with Crippen LogP contribution in [0.2, 0.25) is 5.02 Å². The van der Waals surface area contributed by atoms with E-state index in [1.54, 1.807) is 49.1 Å². The summed E-state index contributed by atoms with van der Waals surface area (Å²) < 4.78 is 3.70. The standard InChI is InChI=1S/C20H17BrClN5O2/c1-25(2)17(28)10-14-18-13-5-4-11(22)8-15(13)26(3)19(18)20(29)27(24-14)12-6-7-23-16(21)9-12/h4-9H,10H2,1-3H3. The minimum Gasteiger partial charge on any atom is -0.348 e. The summed E-state index contributed by atoms with van der Waals surface area (Å²) in [5, 5.41) is 6.66.